The zero-order valence-corrected chi connectivity index (χ0v) is 16.4. The van der Waals surface area contributed by atoms with Crippen molar-refractivity contribution in [3.63, 3.8) is 0 Å². The van der Waals surface area contributed by atoms with Crippen molar-refractivity contribution in [2.45, 2.75) is 6.42 Å². The van der Waals surface area contributed by atoms with Gasteiger partial charge in [-0.3, -0.25) is 14.4 Å². The molecular weight excluding hydrogens is 394 g/mol. The molecule has 0 bridgehead atoms. The molecule has 0 atom stereocenters. The number of fused-ring (bicyclic) bond motifs is 1. The molecule has 0 saturated carbocycles. The number of hydrogen-bond donors (Lipinski definition) is 0. The number of carbonyl (C=O) groups excluding carboxylic acids is 3. The van der Waals surface area contributed by atoms with Crippen molar-refractivity contribution in [1.82, 2.24) is 15.0 Å². The minimum atomic E-state index is -0.538. The third-order valence-electron chi connectivity index (χ3n) is 4.77. The van der Waals surface area contributed by atoms with Gasteiger partial charge in [0, 0.05) is 31.6 Å². The van der Waals surface area contributed by atoms with Gasteiger partial charge in [0.05, 0.1) is 11.3 Å². The molecule has 3 aromatic rings. The van der Waals surface area contributed by atoms with E-state index in [0.29, 0.717) is 42.3 Å². The van der Waals surface area contributed by atoms with E-state index in [4.69, 9.17) is 9.26 Å². The molecule has 0 radical (unpaired) electrons. The number of thiophene rings is 1. The Labute approximate surface area is 170 Å². The lowest BCUT2D eigenvalue weighted by Gasteiger charge is -2.34. The summed E-state index contributed by atoms with van der Waals surface area (Å²) in [6.45, 7) is 1.43. The molecule has 1 saturated heterocycles. The Morgan fingerprint density at radius 3 is 2.55 bits per heavy atom. The average Bonchev–Trinajstić information content (AvgIpc) is 3.42. The maximum Gasteiger partial charge on any atom is 0.312 e. The number of hydrogen-bond acceptors (Lipinski definition) is 7. The molecule has 29 heavy (non-hydrogen) atoms. The first-order chi connectivity index (χ1) is 14.1. The van der Waals surface area contributed by atoms with E-state index in [1.165, 1.54) is 11.3 Å². The molecule has 9 heteroatoms. The number of esters is 1. The molecule has 0 aliphatic carbocycles. The van der Waals surface area contributed by atoms with Crippen molar-refractivity contribution in [2.24, 2.45) is 0 Å². The number of benzene rings is 1. The Hall–Kier alpha value is -3.20. The van der Waals surface area contributed by atoms with Crippen LogP contribution in [0.3, 0.4) is 0 Å². The predicted octanol–water partition coefficient (Wildman–Crippen LogP) is 1.96. The smallest absolute Gasteiger partial charge is 0.312 e. The van der Waals surface area contributed by atoms with Crippen molar-refractivity contribution in [1.29, 1.82) is 0 Å². The van der Waals surface area contributed by atoms with Gasteiger partial charge in [0.1, 0.15) is 5.69 Å². The first-order valence-corrected chi connectivity index (χ1v) is 10.1. The van der Waals surface area contributed by atoms with Gasteiger partial charge < -0.3 is 19.1 Å². The number of amides is 2. The van der Waals surface area contributed by atoms with E-state index in [1.807, 2.05) is 29.6 Å². The van der Waals surface area contributed by atoms with Gasteiger partial charge in [-0.1, -0.05) is 23.4 Å². The molecule has 0 unspecified atom stereocenters. The highest BCUT2D eigenvalue weighted by Crippen LogP contribution is 2.18. The summed E-state index contributed by atoms with van der Waals surface area (Å²) in [6, 6.07) is 10.9. The zero-order chi connectivity index (χ0) is 20.2. The van der Waals surface area contributed by atoms with Crippen LogP contribution in [0.5, 0.6) is 0 Å². The molecule has 1 fully saturated rings. The molecule has 8 nitrogen and oxygen atoms in total. The van der Waals surface area contributed by atoms with Gasteiger partial charge in [-0.05, 0) is 23.6 Å². The summed E-state index contributed by atoms with van der Waals surface area (Å²) in [5.74, 6) is -0.825. The summed E-state index contributed by atoms with van der Waals surface area (Å²) in [7, 11) is 0. The standard InChI is InChI=1S/C20H19N3O5S/c24-18(22-7-9-23(10-8-22)20(26)17-6-3-11-29-17)13-27-19(25)12-15-14-4-1-2-5-16(14)28-21-15/h1-6,11H,7-10,12-13H2. The summed E-state index contributed by atoms with van der Waals surface area (Å²) in [5, 5.41) is 6.51. The molecule has 2 amide bonds. The van der Waals surface area contributed by atoms with Crippen LogP contribution < -0.4 is 0 Å². The minimum absolute atomic E-state index is 0.0154. The zero-order valence-electron chi connectivity index (χ0n) is 15.6. The van der Waals surface area contributed by atoms with E-state index in [-0.39, 0.29) is 24.8 Å². The lowest BCUT2D eigenvalue weighted by atomic mass is 10.2. The van der Waals surface area contributed by atoms with Crippen LogP contribution in [-0.4, -0.2) is 65.5 Å². The van der Waals surface area contributed by atoms with Crippen molar-refractivity contribution in [2.75, 3.05) is 32.8 Å². The topological polar surface area (TPSA) is 92.9 Å². The summed E-state index contributed by atoms with van der Waals surface area (Å²) < 4.78 is 10.3. The van der Waals surface area contributed by atoms with Gasteiger partial charge in [-0.25, -0.2) is 0 Å². The molecule has 3 heterocycles. The molecule has 0 spiro atoms. The van der Waals surface area contributed by atoms with Gasteiger partial charge in [-0.15, -0.1) is 11.3 Å². The molecule has 2 aromatic heterocycles. The lowest BCUT2D eigenvalue weighted by molar-refractivity contribution is -0.152. The Kier molecular flexibility index (Phi) is 5.57. The monoisotopic (exact) mass is 413 g/mol. The molecule has 1 aromatic carbocycles. The SMILES string of the molecule is O=C(Cc1noc2ccccc12)OCC(=O)N1CCN(C(=O)c2cccs2)CC1. The Bertz CT molecular complexity index is 1020. The van der Waals surface area contributed by atoms with Gasteiger partial charge in [0.25, 0.3) is 11.8 Å². The highest BCUT2D eigenvalue weighted by molar-refractivity contribution is 7.12. The summed E-state index contributed by atoms with van der Waals surface area (Å²) >= 11 is 1.40. The first-order valence-electron chi connectivity index (χ1n) is 9.21. The number of piperazine rings is 1. The molecule has 0 N–H and O–H groups in total. The molecule has 4 rings (SSSR count). The van der Waals surface area contributed by atoms with Gasteiger partial charge in [-0.2, -0.15) is 0 Å². The number of nitrogens with zero attached hydrogens (tertiary/aromatic N) is 3. The molecule has 1 aliphatic rings. The van der Waals surface area contributed by atoms with Gasteiger partial charge in [0.2, 0.25) is 0 Å². The quantitative estimate of drug-likeness (QED) is 0.594. The van der Waals surface area contributed by atoms with Crippen LogP contribution in [0.4, 0.5) is 0 Å². The maximum atomic E-state index is 12.3. The Balaban J connectivity index is 1.24. The fraction of sp³-hybridized carbons (Fsp3) is 0.300. The molecule has 150 valence electrons. The highest BCUT2D eigenvalue weighted by Gasteiger charge is 2.26. The van der Waals surface area contributed by atoms with E-state index in [2.05, 4.69) is 5.16 Å². The van der Waals surface area contributed by atoms with Crippen LogP contribution in [0.15, 0.2) is 46.3 Å². The third-order valence-corrected chi connectivity index (χ3v) is 5.63. The first kappa shape index (κ1) is 19.1. The number of para-hydroxylation sites is 1. The summed E-state index contributed by atoms with van der Waals surface area (Å²) in [5.41, 5.74) is 1.08. The Morgan fingerprint density at radius 1 is 1.03 bits per heavy atom. The summed E-state index contributed by atoms with van der Waals surface area (Å²) in [6.07, 6.45) is -0.0621. The van der Waals surface area contributed by atoms with Crippen LogP contribution in [-0.2, 0) is 20.7 Å². The van der Waals surface area contributed by atoms with Crippen LogP contribution in [0.25, 0.3) is 11.0 Å². The number of rotatable bonds is 5. The molecular formula is C20H19N3O5S. The van der Waals surface area contributed by atoms with E-state index in [1.54, 1.807) is 21.9 Å². The van der Waals surface area contributed by atoms with Crippen LogP contribution >= 0.6 is 11.3 Å². The van der Waals surface area contributed by atoms with Crippen molar-refractivity contribution in [3.8, 4) is 0 Å². The van der Waals surface area contributed by atoms with Gasteiger partial charge in [0.15, 0.2) is 12.2 Å². The minimum Gasteiger partial charge on any atom is -0.455 e. The fourth-order valence-electron chi connectivity index (χ4n) is 3.20. The second-order valence-electron chi connectivity index (χ2n) is 6.61. The Morgan fingerprint density at radius 2 is 1.79 bits per heavy atom. The molecule has 1 aliphatic heterocycles. The van der Waals surface area contributed by atoms with Crippen LogP contribution in [0.1, 0.15) is 15.4 Å². The number of carbonyl (C=O) groups is 3. The number of ether oxygens (including phenoxy) is 1. The van der Waals surface area contributed by atoms with E-state index < -0.39 is 5.97 Å². The van der Waals surface area contributed by atoms with Crippen molar-refractivity contribution in [3.05, 3.63) is 52.3 Å². The van der Waals surface area contributed by atoms with Gasteiger partial charge >= 0.3 is 5.97 Å². The normalized spacial score (nSPS) is 14.2. The van der Waals surface area contributed by atoms with E-state index >= 15 is 0 Å². The predicted molar refractivity (Wildman–Crippen MR) is 105 cm³/mol. The van der Waals surface area contributed by atoms with E-state index in [9.17, 15) is 14.4 Å². The van der Waals surface area contributed by atoms with Crippen molar-refractivity contribution >= 4 is 40.1 Å². The van der Waals surface area contributed by atoms with E-state index in [0.717, 1.165) is 5.39 Å². The average molecular weight is 413 g/mol. The summed E-state index contributed by atoms with van der Waals surface area (Å²) in [4.78, 5) is 40.8. The largest absolute Gasteiger partial charge is 0.455 e. The van der Waals surface area contributed by atoms with Crippen LogP contribution in [0.2, 0.25) is 0 Å². The van der Waals surface area contributed by atoms with Crippen LogP contribution in [0, 0.1) is 0 Å². The lowest BCUT2D eigenvalue weighted by Crippen LogP contribution is -2.51. The maximum absolute atomic E-state index is 12.3. The fourth-order valence-corrected chi connectivity index (χ4v) is 3.89. The number of aromatic nitrogens is 1. The second-order valence-corrected chi connectivity index (χ2v) is 7.56. The third kappa shape index (κ3) is 4.29. The second kappa shape index (κ2) is 8.44. The van der Waals surface area contributed by atoms with Crippen molar-refractivity contribution < 1.29 is 23.6 Å². The highest BCUT2D eigenvalue weighted by atomic mass is 32.1.